The van der Waals surface area contributed by atoms with E-state index in [1.807, 2.05) is 6.07 Å². The van der Waals surface area contributed by atoms with Crippen LogP contribution in [0.1, 0.15) is 42.1 Å². The molecule has 166 valence electrons. The number of carbonyl (C=O) groups is 2. The molecule has 0 aliphatic carbocycles. The summed E-state index contributed by atoms with van der Waals surface area (Å²) in [6.45, 7) is 5.41. The average molecular weight is 444 g/mol. The number of carbonyl (C=O) groups excluding carboxylic acids is 2. The molecule has 31 heavy (non-hydrogen) atoms. The maximum Gasteiger partial charge on any atom is 0.251 e. The second-order valence-electron chi connectivity index (χ2n) is 7.82. The number of piperidine rings is 1. The lowest BCUT2D eigenvalue weighted by Crippen LogP contribution is -2.37. The van der Waals surface area contributed by atoms with Gasteiger partial charge in [0.25, 0.3) is 5.91 Å². The summed E-state index contributed by atoms with van der Waals surface area (Å²) in [5.41, 5.74) is 1.82. The number of likely N-dealkylation sites (tertiary alicyclic amines) is 1. The maximum atomic E-state index is 12.3. The summed E-state index contributed by atoms with van der Waals surface area (Å²) in [4.78, 5) is 25.6. The molecule has 0 aromatic heterocycles. The van der Waals surface area contributed by atoms with Crippen molar-refractivity contribution in [3.05, 3.63) is 64.7 Å². The smallest absolute Gasteiger partial charge is 0.251 e. The van der Waals surface area contributed by atoms with Gasteiger partial charge in [-0.3, -0.25) is 14.5 Å². The van der Waals surface area contributed by atoms with Gasteiger partial charge < -0.3 is 15.4 Å². The van der Waals surface area contributed by atoms with Crippen molar-refractivity contribution in [3.8, 4) is 5.75 Å². The number of benzene rings is 2. The SMILES string of the molecule is CC(=O)NCCCNC(=O)c1ccc(OC2CCN(Cc3ccccc3)CC2)c(Cl)c1. The molecule has 0 radical (unpaired) electrons. The van der Waals surface area contributed by atoms with Crippen molar-refractivity contribution in [1.29, 1.82) is 0 Å². The number of hydrogen-bond donors (Lipinski definition) is 2. The molecule has 1 heterocycles. The molecule has 0 bridgehead atoms. The Morgan fingerprint density at radius 2 is 1.77 bits per heavy atom. The molecule has 1 aliphatic heterocycles. The molecule has 2 amide bonds. The third-order valence-electron chi connectivity index (χ3n) is 5.28. The van der Waals surface area contributed by atoms with E-state index in [9.17, 15) is 9.59 Å². The molecule has 2 aromatic rings. The van der Waals surface area contributed by atoms with Gasteiger partial charge in [-0.1, -0.05) is 41.9 Å². The molecule has 3 rings (SSSR count). The minimum atomic E-state index is -0.189. The van der Waals surface area contributed by atoms with Gasteiger partial charge >= 0.3 is 0 Å². The van der Waals surface area contributed by atoms with Gasteiger partial charge in [0.15, 0.2) is 0 Å². The quantitative estimate of drug-likeness (QED) is 0.580. The van der Waals surface area contributed by atoms with Crippen molar-refractivity contribution >= 4 is 23.4 Å². The van der Waals surface area contributed by atoms with Crippen LogP contribution in [0.15, 0.2) is 48.5 Å². The Balaban J connectivity index is 1.43. The first kappa shape index (κ1) is 23.1. The fourth-order valence-corrected chi connectivity index (χ4v) is 3.83. The average Bonchev–Trinajstić information content (AvgIpc) is 2.76. The van der Waals surface area contributed by atoms with Crippen LogP contribution in [-0.2, 0) is 11.3 Å². The van der Waals surface area contributed by atoms with Gasteiger partial charge in [-0.15, -0.1) is 0 Å². The summed E-state index contributed by atoms with van der Waals surface area (Å²) in [6.07, 6.45) is 2.68. The number of amides is 2. The van der Waals surface area contributed by atoms with Gasteiger partial charge in [0.1, 0.15) is 11.9 Å². The zero-order valence-electron chi connectivity index (χ0n) is 17.9. The second-order valence-corrected chi connectivity index (χ2v) is 8.22. The summed E-state index contributed by atoms with van der Waals surface area (Å²) < 4.78 is 6.12. The Morgan fingerprint density at radius 3 is 2.45 bits per heavy atom. The Hall–Kier alpha value is -2.57. The molecule has 0 saturated carbocycles. The third kappa shape index (κ3) is 7.56. The molecule has 0 atom stereocenters. The Labute approximate surface area is 188 Å². The van der Waals surface area contributed by atoms with Crippen LogP contribution in [0.2, 0.25) is 5.02 Å². The number of rotatable bonds is 9. The van der Waals surface area contributed by atoms with Crippen LogP contribution in [-0.4, -0.2) is 49.0 Å². The van der Waals surface area contributed by atoms with Crippen LogP contribution in [0, 0.1) is 0 Å². The summed E-state index contributed by atoms with van der Waals surface area (Å²) in [7, 11) is 0. The first-order valence-corrected chi connectivity index (χ1v) is 11.1. The van der Waals surface area contributed by atoms with Crippen LogP contribution < -0.4 is 15.4 Å². The van der Waals surface area contributed by atoms with Crippen LogP contribution >= 0.6 is 11.6 Å². The number of nitrogens with one attached hydrogen (secondary N) is 2. The topological polar surface area (TPSA) is 70.7 Å². The Morgan fingerprint density at radius 1 is 1.06 bits per heavy atom. The standard InChI is InChI=1S/C24H30ClN3O3/c1-18(29)26-12-5-13-27-24(30)20-8-9-23(22(25)16-20)31-21-10-14-28(15-11-21)17-19-6-3-2-4-7-19/h2-4,6-9,16,21H,5,10-15,17H2,1H3,(H,26,29)(H,27,30). The van der Waals surface area contributed by atoms with Crippen molar-refractivity contribution in [2.75, 3.05) is 26.2 Å². The monoisotopic (exact) mass is 443 g/mol. The van der Waals surface area contributed by atoms with Crippen molar-refractivity contribution in [2.45, 2.75) is 38.8 Å². The van der Waals surface area contributed by atoms with E-state index in [0.29, 0.717) is 35.8 Å². The minimum absolute atomic E-state index is 0.0736. The van der Waals surface area contributed by atoms with Crippen molar-refractivity contribution in [3.63, 3.8) is 0 Å². The van der Waals surface area contributed by atoms with Gasteiger partial charge in [0.05, 0.1) is 5.02 Å². The Kier molecular flexibility index (Phi) is 8.74. The van der Waals surface area contributed by atoms with Crippen LogP contribution in [0.25, 0.3) is 0 Å². The molecule has 1 aliphatic rings. The highest BCUT2D eigenvalue weighted by atomic mass is 35.5. The number of nitrogens with zero attached hydrogens (tertiary/aromatic N) is 1. The summed E-state index contributed by atoms with van der Waals surface area (Å²) in [5.74, 6) is 0.353. The lowest BCUT2D eigenvalue weighted by molar-refractivity contribution is -0.118. The number of hydrogen-bond acceptors (Lipinski definition) is 4. The zero-order valence-corrected chi connectivity index (χ0v) is 18.7. The van der Waals surface area contributed by atoms with E-state index in [1.54, 1.807) is 18.2 Å². The second kappa shape index (κ2) is 11.7. The number of halogens is 1. The van der Waals surface area contributed by atoms with E-state index >= 15 is 0 Å². The highest BCUT2D eigenvalue weighted by Gasteiger charge is 2.21. The fourth-order valence-electron chi connectivity index (χ4n) is 3.60. The fraction of sp³-hybridized carbons (Fsp3) is 0.417. The van der Waals surface area contributed by atoms with Gasteiger partial charge in [-0.2, -0.15) is 0 Å². The largest absolute Gasteiger partial charge is 0.489 e. The van der Waals surface area contributed by atoms with E-state index in [0.717, 1.165) is 32.5 Å². The molecule has 0 spiro atoms. The molecular formula is C24H30ClN3O3. The summed E-state index contributed by atoms with van der Waals surface area (Å²) in [5, 5.41) is 5.97. The highest BCUT2D eigenvalue weighted by Crippen LogP contribution is 2.28. The van der Waals surface area contributed by atoms with E-state index in [4.69, 9.17) is 16.3 Å². The van der Waals surface area contributed by atoms with Crippen LogP contribution in [0.5, 0.6) is 5.75 Å². The maximum absolute atomic E-state index is 12.3. The molecule has 0 unspecified atom stereocenters. The molecule has 6 nitrogen and oxygen atoms in total. The molecule has 1 saturated heterocycles. The molecule has 2 aromatic carbocycles. The Bertz CT molecular complexity index is 868. The van der Waals surface area contributed by atoms with E-state index < -0.39 is 0 Å². The van der Waals surface area contributed by atoms with Gasteiger partial charge in [0.2, 0.25) is 5.91 Å². The van der Waals surface area contributed by atoms with Gasteiger partial charge in [0, 0.05) is 45.2 Å². The van der Waals surface area contributed by atoms with E-state index in [-0.39, 0.29) is 17.9 Å². The first-order valence-electron chi connectivity index (χ1n) is 10.8. The van der Waals surface area contributed by atoms with E-state index in [2.05, 4.69) is 39.8 Å². The lowest BCUT2D eigenvalue weighted by atomic mass is 10.1. The first-order chi connectivity index (χ1) is 15.0. The summed E-state index contributed by atoms with van der Waals surface area (Å²) in [6, 6.07) is 15.6. The van der Waals surface area contributed by atoms with Crippen LogP contribution in [0.3, 0.4) is 0 Å². The summed E-state index contributed by atoms with van der Waals surface area (Å²) >= 11 is 6.38. The van der Waals surface area contributed by atoms with Gasteiger partial charge in [-0.25, -0.2) is 0 Å². The zero-order chi connectivity index (χ0) is 22.1. The van der Waals surface area contributed by atoms with Gasteiger partial charge in [-0.05, 0) is 43.0 Å². The molecule has 7 heteroatoms. The van der Waals surface area contributed by atoms with E-state index in [1.165, 1.54) is 12.5 Å². The number of ether oxygens (including phenoxy) is 1. The van der Waals surface area contributed by atoms with Crippen LogP contribution in [0.4, 0.5) is 0 Å². The minimum Gasteiger partial charge on any atom is -0.489 e. The third-order valence-corrected chi connectivity index (χ3v) is 5.58. The predicted molar refractivity (Wildman–Crippen MR) is 122 cm³/mol. The molecule has 2 N–H and O–H groups in total. The molecule has 1 fully saturated rings. The van der Waals surface area contributed by atoms with Crippen molar-refractivity contribution in [1.82, 2.24) is 15.5 Å². The molecular weight excluding hydrogens is 414 g/mol. The van der Waals surface area contributed by atoms with Crippen molar-refractivity contribution < 1.29 is 14.3 Å². The predicted octanol–water partition coefficient (Wildman–Crippen LogP) is 3.64. The highest BCUT2D eigenvalue weighted by molar-refractivity contribution is 6.32. The van der Waals surface area contributed by atoms with Crippen molar-refractivity contribution in [2.24, 2.45) is 0 Å². The lowest BCUT2D eigenvalue weighted by Gasteiger charge is -2.32. The normalized spacial score (nSPS) is 14.8.